The zero-order chi connectivity index (χ0) is 17.8. The summed E-state index contributed by atoms with van der Waals surface area (Å²) in [6.07, 6.45) is 0. The van der Waals surface area contributed by atoms with Crippen LogP contribution in [0, 0.1) is 10.1 Å². The van der Waals surface area contributed by atoms with Gasteiger partial charge in [-0.3, -0.25) is 10.1 Å². The molecular weight excluding hydrogens is 326 g/mol. The number of nitrogens with one attached hydrogen (secondary N) is 2. The van der Waals surface area contributed by atoms with Crippen molar-refractivity contribution in [1.82, 2.24) is 5.32 Å². The van der Waals surface area contributed by atoms with Gasteiger partial charge in [-0.15, -0.1) is 0 Å². The van der Waals surface area contributed by atoms with Crippen molar-refractivity contribution in [1.29, 1.82) is 0 Å². The summed E-state index contributed by atoms with van der Waals surface area (Å²) >= 11 is 0. The number of nitrogens with zero attached hydrogens (tertiary/aromatic N) is 1. The van der Waals surface area contributed by atoms with Gasteiger partial charge < -0.3 is 20.1 Å². The van der Waals surface area contributed by atoms with Crippen molar-refractivity contribution >= 4 is 17.4 Å². The summed E-state index contributed by atoms with van der Waals surface area (Å²) in [7, 11) is 0. The molecule has 25 heavy (non-hydrogen) atoms. The maximum absolute atomic E-state index is 12.2. The molecule has 3 rings (SSSR count). The van der Waals surface area contributed by atoms with Gasteiger partial charge in [0.15, 0.2) is 11.5 Å². The molecule has 2 N–H and O–H groups in total. The number of nitro benzene ring substituents is 1. The van der Waals surface area contributed by atoms with E-state index in [2.05, 4.69) is 10.6 Å². The van der Waals surface area contributed by atoms with Crippen LogP contribution in [0.2, 0.25) is 0 Å². The monoisotopic (exact) mass is 343 g/mol. The van der Waals surface area contributed by atoms with Gasteiger partial charge in [0.25, 0.3) is 5.69 Å². The van der Waals surface area contributed by atoms with Crippen molar-refractivity contribution in [2.75, 3.05) is 18.5 Å². The van der Waals surface area contributed by atoms with Crippen molar-refractivity contribution < 1.29 is 19.2 Å². The Morgan fingerprint density at radius 1 is 1.16 bits per heavy atom. The quantitative estimate of drug-likeness (QED) is 0.655. The van der Waals surface area contributed by atoms with Crippen LogP contribution in [0.3, 0.4) is 0 Å². The molecule has 0 aliphatic carbocycles. The highest BCUT2D eigenvalue weighted by Gasteiger charge is 2.18. The van der Waals surface area contributed by atoms with E-state index in [0.717, 1.165) is 5.56 Å². The molecule has 2 aromatic rings. The molecule has 0 bridgehead atoms. The standard InChI is InChI=1S/C17H17N3O5/c1-11(12-6-7-15-16(10-12)25-9-8-24-15)18-17(21)19-13-4-2-3-5-14(13)20(22)23/h2-7,10-11H,8-9H2,1H3,(H2,18,19,21)/t11-/m0/s1. The summed E-state index contributed by atoms with van der Waals surface area (Å²) in [5.74, 6) is 1.31. The Labute approximate surface area is 143 Å². The van der Waals surface area contributed by atoms with E-state index in [1.165, 1.54) is 12.1 Å². The molecule has 1 heterocycles. The van der Waals surface area contributed by atoms with Gasteiger partial charge in [0.05, 0.1) is 11.0 Å². The van der Waals surface area contributed by atoms with E-state index in [0.29, 0.717) is 24.7 Å². The van der Waals surface area contributed by atoms with Gasteiger partial charge in [-0.25, -0.2) is 4.79 Å². The normalized spacial score (nSPS) is 13.6. The number of ether oxygens (including phenoxy) is 2. The molecule has 8 heteroatoms. The molecule has 0 unspecified atom stereocenters. The molecule has 130 valence electrons. The van der Waals surface area contributed by atoms with E-state index in [9.17, 15) is 14.9 Å². The zero-order valence-electron chi connectivity index (χ0n) is 13.5. The van der Waals surface area contributed by atoms with E-state index < -0.39 is 11.0 Å². The lowest BCUT2D eigenvalue weighted by Crippen LogP contribution is -2.31. The summed E-state index contributed by atoms with van der Waals surface area (Å²) < 4.78 is 11.0. The first-order valence-electron chi connectivity index (χ1n) is 7.75. The number of carbonyl (C=O) groups excluding carboxylic acids is 1. The van der Waals surface area contributed by atoms with Gasteiger partial charge in [-0.05, 0) is 30.7 Å². The highest BCUT2D eigenvalue weighted by Crippen LogP contribution is 2.32. The maximum atomic E-state index is 12.2. The van der Waals surface area contributed by atoms with Crippen LogP contribution >= 0.6 is 0 Å². The second kappa shape index (κ2) is 7.08. The van der Waals surface area contributed by atoms with Crippen LogP contribution in [0.1, 0.15) is 18.5 Å². The number of benzene rings is 2. The second-order valence-electron chi connectivity index (χ2n) is 5.50. The minimum Gasteiger partial charge on any atom is -0.486 e. The molecule has 0 fully saturated rings. The third-order valence-corrected chi connectivity index (χ3v) is 3.76. The van der Waals surface area contributed by atoms with Gasteiger partial charge in [-0.2, -0.15) is 0 Å². The Morgan fingerprint density at radius 3 is 2.64 bits per heavy atom. The molecule has 2 amide bonds. The topological polar surface area (TPSA) is 103 Å². The van der Waals surface area contributed by atoms with Crippen molar-refractivity contribution in [3.63, 3.8) is 0 Å². The van der Waals surface area contributed by atoms with Gasteiger partial charge >= 0.3 is 6.03 Å². The molecule has 0 radical (unpaired) electrons. The van der Waals surface area contributed by atoms with Gasteiger partial charge in [0.2, 0.25) is 0 Å². The van der Waals surface area contributed by atoms with Gasteiger partial charge in [0.1, 0.15) is 18.9 Å². The van der Waals surface area contributed by atoms with Crippen molar-refractivity contribution in [2.45, 2.75) is 13.0 Å². The number of nitro groups is 1. The van der Waals surface area contributed by atoms with E-state index >= 15 is 0 Å². The lowest BCUT2D eigenvalue weighted by Gasteiger charge is -2.21. The molecule has 2 aromatic carbocycles. The van der Waals surface area contributed by atoms with Crippen LogP contribution in [0.25, 0.3) is 0 Å². The van der Waals surface area contributed by atoms with Crippen LogP contribution in [-0.4, -0.2) is 24.2 Å². The Hall–Kier alpha value is -3.29. The zero-order valence-corrected chi connectivity index (χ0v) is 13.5. The molecule has 0 saturated heterocycles. The number of hydrogen-bond acceptors (Lipinski definition) is 5. The predicted octanol–water partition coefficient (Wildman–Crippen LogP) is 3.25. The fourth-order valence-electron chi connectivity index (χ4n) is 2.51. The third-order valence-electron chi connectivity index (χ3n) is 3.76. The molecular formula is C17H17N3O5. The van der Waals surface area contributed by atoms with E-state index in [1.807, 2.05) is 19.1 Å². The Morgan fingerprint density at radius 2 is 1.88 bits per heavy atom. The first-order valence-corrected chi connectivity index (χ1v) is 7.75. The average Bonchev–Trinajstić information content (AvgIpc) is 2.61. The average molecular weight is 343 g/mol. The number of urea groups is 1. The Balaban J connectivity index is 1.68. The Bertz CT molecular complexity index is 809. The largest absolute Gasteiger partial charge is 0.486 e. The number of para-hydroxylation sites is 2. The first kappa shape index (κ1) is 16.6. The third kappa shape index (κ3) is 3.79. The smallest absolute Gasteiger partial charge is 0.319 e. The molecule has 1 aliphatic heterocycles. The van der Waals surface area contributed by atoms with Crippen molar-refractivity contribution in [2.24, 2.45) is 0 Å². The molecule has 0 spiro atoms. The summed E-state index contributed by atoms with van der Waals surface area (Å²) in [6.45, 7) is 2.80. The van der Waals surface area contributed by atoms with Crippen molar-refractivity contribution in [3.8, 4) is 11.5 Å². The number of amides is 2. The van der Waals surface area contributed by atoms with E-state index in [-0.39, 0.29) is 17.4 Å². The van der Waals surface area contributed by atoms with Crippen molar-refractivity contribution in [3.05, 3.63) is 58.1 Å². The molecule has 0 saturated carbocycles. The van der Waals surface area contributed by atoms with Gasteiger partial charge in [0, 0.05) is 6.07 Å². The highest BCUT2D eigenvalue weighted by atomic mass is 16.6. The predicted molar refractivity (Wildman–Crippen MR) is 91.1 cm³/mol. The van der Waals surface area contributed by atoms with E-state index in [4.69, 9.17) is 9.47 Å². The highest BCUT2D eigenvalue weighted by molar-refractivity contribution is 5.92. The summed E-state index contributed by atoms with van der Waals surface area (Å²) in [5, 5.41) is 16.2. The van der Waals surface area contributed by atoms with Crippen LogP contribution < -0.4 is 20.1 Å². The second-order valence-corrected chi connectivity index (χ2v) is 5.50. The summed E-state index contributed by atoms with van der Waals surface area (Å²) in [6, 6.07) is 10.6. The minimum absolute atomic E-state index is 0.138. The molecule has 1 aliphatic rings. The molecule has 0 aromatic heterocycles. The van der Waals surface area contributed by atoms with Crippen LogP contribution in [-0.2, 0) is 0 Å². The van der Waals surface area contributed by atoms with Crippen LogP contribution in [0.4, 0.5) is 16.2 Å². The van der Waals surface area contributed by atoms with E-state index in [1.54, 1.807) is 18.2 Å². The summed E-state index contributed by atoms with van der Waals surface area (Å²) in [5.41, 5.74) is 0.811. The first-order chi connectivity index (χ1) is 12.0. The van der Waals surface area contributed by atoms with Crippen LogP contribution in [0.15, 0.2) is 42.5 Å². The van der Waals surface area contributed by atoms with Gasteiger partial charge in [-0.1, -0.05) is 18.2 Å². The lowest BCUT2D eigenvalue weighted by atomic mass is 10.1. The lowest BCUT2D eigenvalue weighted by molar-refractivity contribution is -0.383. The summed E-state index contributed by atoms with van der Waals surface area (Å²) in [4.78, 5) is 22.6. The number of rotatable bonds is 4. The Kier molecular flexibility index (Phi) is 4.69. The SMILES string of the molecule is C[C@H](NC(=O)Nc1ccccc1[N+](=O)[O-])c1ccc2c(c1)OCCO2. The fourth-order valence-corrected chi connectivity index (χ4v) is 2.51. The van der Waals surface area contributed by atoms with Crippen LogP contribution in [0.5, 0.6) is 11.5 Å². The number of hydrogen-bond donors (Lipinski definition) is 2. The molecule has 1 atom stereocenters. The minimum atomic E-state index is -0.542. The number of carbonyl (C=O) groups is 1. The fraction of sp³-hybridized carbons (Fsp3) is 0.235. The number of anilines is 1. The molecule has 8 nitrogen and oxygen atoms in total. The maximum Gasteiger partial charge on any atom is 0.319 e. The number of fused-ring (bicyclic) bond motifs is 1.